The van der Waals surface area contributed by atoms with Crippen LogP contribution in [0, 0.1) is 0 Å². The molecule has 156 valence electrons. The number of carbonyl (C=O) groups is 2. The first-order valence-electron chi connectivity index (χ1n) is 9.61. The van der Waals surface area contributed by atoms with Gasteiger partial charge in [0.2, 0.25) is 0 Å². The molecule has 27 heavy (non-hydrogen) atoms. The number of unbranched alkanes of at least 4 members (excludes halogenated alkanes) is 8. The van der Waals surface area contributed by atoms with E-state index in [1.165, 1.54) is 0 Å². The second kappa shape index (κ2) is 17.9. The molecule has 0 amide bonds. The third kappa shape index (κ3) is 16.5. The van der Waals surface area contributed by atoms with Crippen molar-refractivity contribution in [2.75, 3.05) is 13.2 Å². The minimum atomic E-state index is -4.73. The van der Waals surface area contributed by atoms with Crippen LogP contribution in [0.15, 0.2) is 0 Å². The van der Waals surface area contributed by atoms with Crippen LogP contribution in [0.3, 0.4) is 0 Å². The van der Waals surface area contributed by atoms with Crippen LogP contribution >= 0.6 is 0 Å². The average Bonchev–Trinajstić information content (AvgIpc) is 2.57. The van der Waals surface area contributed by atoms with Crippen molar-refractivity contribution in [2.24, 2.45) is 0 Å². The van der Waals surface area contributed by atoms with Crippen molar-refractivity contribution in [1.29, 1.82) is 0 Å². The standard InChI is InChI=1S/C18H34O7S.Na.H/c1-3-5-7-9-11-13-24-17(19)15-16(26(21,22)23)18(20)25-14-12-10-8-6-4-2;;/h16H,3-15H2,1-2H3,(H,21,22,23);;. The fourth-order valence-corrected chi connectivity index (χ4v) is 3.04. The molecule has 1 atom stereocenters. The summed E-state index contributed by atoms with van der Waals surface area (Å²) in [6, 6.07) is 0. The molecule has 1 unspecified atom stereocenters. The number of ether oxygens (including phenoxy) is 2. The van der Waals surface area contributed by atoms with E-state index in [1.54, 1.807) is 0 Å². The predicted octanol–water partition coefficient (Wildman–Crippen LogP) is 3.01. The number of rotatable bonds is 16. The van der Waals surface area contributed by atoms with E-state index in [2.05, 4.69) is 13.8 Å². The SMILES string of the molecule is CCCCCCCOC(=O)CC(C(=O)OCCCCCCC)S(=O)(=O)O.[NaH]. The van der Waals surface area contributed by atoms with Gasteiger partial charge >= 0.3 is 41.5 Å². The number of hydrogen-bond donors (Lipinski definition) is 1. The summed E-state index contributed by atoms with van der Waals surface area (Å²) in [7, 11) is -4.73. The van der Waals surface area contributed by atoms with Crippen LogP contribution in [0.4, 0.5) is 0 Å². The summed E-state index contributed by atoms with van der Waals surface area (Å²) < 4.78 is 41.8. The fraction of sp³-hybridized carbons (Fsp3) is 0.889. The molecule has 0 bridgehead atoms. The molecule has 0 radical (unpaired) electrons. The fourth-order valence-electron chi connectivity index (χ4n) is 2.38. The first-order chi connectivity index (χ1) is 12.3. The molecule has 0 aromatic heterocycles. The molecule has 0 aliphatic rings. The van der Waals surface area contributed by atoms with Crippen LogP contribution in [-0.4, -0.2) is 72.9 Å². The Hall–Kier alpha value is -0.150. The van der Waals surface area contributed by atoms with Crippen LogP contribution < -0.4 is 0 Å². The van der Waals surface area contributed by atoms with Gasteiger partial charge in [0.1, 0.15) is 0 Å². The molecule has 0 aromatic rings. The molecule has 0 saturated carbocycles. The zero-order valence-corrected chi connectivity index (χ0v) is 16.9. The van der Waals surface area contributed by atoms with Gasteiger partial charge in [0.25, 0.3) is 10.1 Å². The molecule has 9 heteroatoms. The summed E-state index contributed by atoms with van der Waals surface area (Å²) in [5, 5.41) is -1.93. The first kappa shape index (κ1) is 29.1. The van der Waals surface area contributed by atoms with E-state index in [0.29, 0.717) is 12.8 Å². The number of esters is 2. The first-order valence-corrected chi connectivity index (χ1v) is 11.1. The quantitative estimate of drug-likeness (QED) is 0.178. The van der Waals surface area contributed by atoms with E-state index in [-0.39, 0.29) is 42.8 Å². The van der Waals surface area contributed by atoms with Gasteiger partial charge in [-0.25, -0.2) is 0 Å². The number of carbonyl (C=O) groups excluding carboxylic acids is 2. The van der Waals surface area contributed by atoms with E-state index in [1.807, 2.05) is 0 Å². The van der Waals surface area contributed by atoms with E-state index in [0.717, 1.165) is 51.4 Å². The third-order valence-corrected chi connectivity index (χ3v) is 5.06. The summed E-state index contributed by atoms with van der Waals surface area (Å²) in [4.78, 5) is 23.6. The molecular formula is C18H35NaO7S. The zero-order valence-electron chi connectivity index (χ0n) is 16.1. The van der Waals surface area contributed by atoms with Gasteiger partial charge < -0.3 is 9.47 Å². The topological polar surface area (TPSA) is 107 Å². The van der Waals surface area contributed by atoms with Gasteiger partial charge in [-0.15, -0.1) is 0 Å². The normalized spacial score (nSPS) is 12.1. The second-order valence-electron chi connectivity index (χ2n) is 6.42. The Morgan fingerprint density at radius 1 is 0.815 bits per heavy atom. The van der Waals surface area contributed by atoms with Crippen LogP contribution in [0.2, 0.25) is 0 Å². The van der Waals surface area contributed by atoms with Crippen LogP contribution in [0.1, 0.15) is 84.5 Å². The zero-order chi connectivity index (χ0) is 19.8. The van der Waals surface area contributed by atoms with Gasteiger partial charge in [-0.05, 0) is 12.8 Å². The van der Waals surface area contributed by atoms with Gasteiger partial charge in [-0.2, -0.15) is 8.42 Å². The maximum absolute atomic E-state index is 11.9. The third-order valence-electron chi connectivity index (χ3n) is 3.98. The second-order valence-corrected chi connectivity index (χ2v) is 8.02. The molecule has 7 nitrogen and oxygen atoms in total. The van der Waals surface area contributed by atoms with Crippen molar-refractivity contribution in [3.05, 3.63) is 0 Å². The molecule has 0 aromatic carbocycles. The summed E-state index contributed by atoms with van der Waals surface area (Å²) in [6.45, 7) is 4.43. The number of hydrogen-bond acceptors (Lipinski definition) is 6. The van der Waals surface area contributed by atoms with E-state index in [9.17, 15) is 22.6 Å². The molecule has 0 aliphatic heterocycles. The Balaban J connectivity index is 0. The van der Waals surface area contributed by atoms with Crippen molar-refractivity contribution in [3.63, 3.8) is 0 Å². The molecule has 0 saturated heterocycles. The summed E-state index contributed by atoms with van der Waals surface area (Å²) >= 11 is 0. The van der Waals surface area contributed by atoms with Crippen LogP contribution in [0.5, 0.6) is 0 Å². The summed E-state index contributed by atoms with van der Waals surface area (Å²) in [5.74, 6) is -1.94. The summed E-state index contributed by atoms with van der Waals surface area (Å²) in [5.41, 5.74) is 0. The van der Waals surface area contributed by atoms with E-state index in [4.69, 9.17) is 9.47 Å². The molecule has 0 fully saturated rings. The Morgan fingerprint density at radius 3 is 1.70 bits per heavy atom. The maximum atomic E-state index is 11.9. The minimum absolute atomic E-state index is 0. The van der Waals surface area contributed by atoms with Crippen molar-refractivity contribution in [3.8, 4) is 0 Å². The molecule has 0 spiro atoms. The Bertz CT molecular complexity index is 494. The van der Waals surface area contributed by atoms with Gasteiger partial charge in [0.15, 0.2) is 5.25 Å². The van der Waals surface area contributed by atoms with Gasteiger partial charge in [-0.3, -0.25) is 14.1 Å². The molecule has 0 heterocycles. The predicted molar refractivity (Wildman–Crippen MR) is 107 cm³/mol. The Labute approximate surface area is 186 Å². The van der Waals surface area contributed by atoms with E-state index < -0.39 is 33.7 Å². The van der Waals surface area contributed by atoms with Crippen molar-refractivity contribution >= 4 is 51.6 Å². The van der Waals surface area contributed by atoms with Crippen LogP contribution in [0.25, 0.3) is 0 Å². The van der Waals surface area contributed by atoms with Gasteiger partial charge in [0.05, 0.1) is 19.6 Å². The van der Waals surface area contributed by atoms with Gasteiger partial charge in [-0.1, -0.05) is 65.2 Å². The van der Waals surface area contributed by atoms with Crippen molar-refractivity contribution in [1.82, 2.24) is 0 Å². The van der Waals surface area contributed by atoms with E-state index >= 15 is 0 Å². The van der Waals surface area contributed by atoms with Crippen molar-refractivity contribution in [2.45, 2.75) is 89.7 Å². The molecule has 0 rings (SSSR count). The Kier molecular flexibility index (Phi) is 19.3. The molecular weight excluding hydrogens is 383 g/mol. The van der Waals surface area contributed by atoms with Crippen molar-refractivity contribution < 1.29 is 32.0 Å². The Morgan fingerprint density at radius 2 is 1.26 bits per heavy atom. The molecule has 1 N–H and O–H groups in total. The van der Waals surface area contributed by atoms with Crippen LogP contribution in [-0.2, 0) is 29.2 Å². The summed E-state index contributed by atoms with van der Waals surface area (Å²) in [6.07, 6.45) is 8.82. The average molecular weight is 419 g/mol. The van der Waals surface area contributed by atoms with Gasteiger partial charge in [0, 0.05) is 0 Å². The monoisotopic (exact) mass is 418 g/mol. The molecule has 0 aliphatic carbocycles.